The average Bonchev–Trinajstić information content (AvgIpc) is 2.80. The summed E-state index contributed by atoms with van der Waals surface area (Å²) >= 11 is 1.23. The number of nitrogens with one attached hydrogen (secondary N) is 1. The number of carbonyl (C=O) groups is 2. The minimum Gasteiger partial charge on any atom is -0.351 e. The summed E-state index contributed by atoms with van der Waals surface area (Å²) in [4.78, 5) is 22.5. The molecular weight excluding hydrogens is 302 g/mol. The van der Waals surface area contributed by atoms with Crippen LogP contribution in [-0.4, -0.2) is 32.0 Å². The molecule has 116 valence electrons. The van der Waals surface area contributed by atoms with Crippen molar-refractivity contribution in [2.24, 2.45) is 5.73 Å². The molecule has 1 atom stereocenters. The minimum atomic E-state index is -0.862. The van der Waals surface area contributed by atoms with E-state index in [2.05, 4.69) is 15.5 Å². The Labute approximate surface area is 132 Å². The number of nitrogens with two attached hydrogens (primary N) is 1. The third-order valence-electron chi connectivity index (χ3n) is 2.98. The van der Waals surface area contributed by atoms with Crippen LogP contribution in [0.15, 0.2) is 35.5 Å². The number of urea groups is 1. The van der Waals surface area contributed by atoms with Gasteiger partial charge in [-0.05, 0) is 19.4 Å². The Morgan fingerprint density at radius 3 is 2.64 bits per heavy atom. The van der Waals surface area contributed by atoms with Crippen LogP contribution in [0.3, 0.4) is 0 Å². The highest BCUT2D eigenvalue weighted by Gasteiger charge is 2.20. The lowest BCUT2D eigenvalue weighted by Crippen LogP contribution is -2.39. The number of carbonyl (C=O) groups excluding carboxylic acids is 2. The van der Waals surface area contributed by atoms with E-state index in [1.54, 1.807) is 6.92 Å². The minimum absolute atomic E-state index is 0.454. The van der Waals surface area contributed by atoms with Crippen LogP contribution in [0.1, 0.15) is 18.3 Å². The van der Waals surface area contributed by atoms with Gasteiger partial charge in [0.15, 0.2) is 5.16 Å². The fraction of sp³-hybridized carbons (Fsp3) is 0.286. The van der Waals surface area contributed by atoms with Gasteiger partial charge in [0.25, 0.3) is 0 Å². The number of amides is 3. The molecule has 3 amide bonds. The molecule has 0 unspecified atom stereocenters. The van der Waals surface area contributed by atoms with Crippen LogP contribution in [0.5, 0.6) is 0 Å². The standard InChI is InChI=1S/C14H17N5O2S/c1-9(12(20)16-13(15)21)22-14-18-17-10(2)19(14)8-11-6-4-3-5-7-11/h3-7,9H,8H2,1-2H3,(H3,15,16,20,21)/t9-/m0/s1. The summed E-state index contributed by atoms with van der Waals surface area (Å²) in [6.07, 6.45) is 0. The number of hydrogen-bond donors (Lipinski definition) is 2. The first-order chi connectivity index (χ1) is 10.5. The summed E-state index contributed by atoms with van der Waals surface area (Å²) in [5.41, 5.74) is 6.06. The van der Waals surface area contributed by atoms with E-state index in [-0.39, 0.29) is 0 Å². The van der Waals surface area contributed by atoms with Crippen molar-refractivity contribution in [3.05, 3.63) is 41.7 Å². The number of thioether (sulfide) groups is 1. The number of rotatable bonds is 5. The highest BCUT2D eigenvalue weighted by atomic mass is 32.2. The van der Waals surface area contributed by atoms with Gasteiger partial charge in [-0.3, -0.25) is 10.1 Å². The Hall–Kier alpha value is -2.35. The van der Waals surface area contributed by atoms with Crippen molar-refractivity contribution < 1.29 is 9.59 Å². The number of aryl methyl sites for hydroxylation is 1. The zero-order valence-corrected chi connectivity index (χ0v) is 13.1. The lowest BCUT2D eigenvalue weighted by molar-refractivity contribution is -0.119. The van der Waals surface area contributed by atoms with Gasteiger partial charge in [-0.1, -0.05) is 42.1 Å². The van der Waals surface area contributed by atoms with Gasteiger partial charge in [-0.2, -0.15) is 0 Å². The van der Waals surface area contributed by atoms with E-state index in [1.165, 1.54) is 11.8 Å². The maximum Gasteiger partial charge on any atom is 0.318 e. The van der Waals surface area contributed by atoms with Gasteiger partial charge in [0.2, 0.25) is 5.91 Å². The van der Waals surface area contributed by atoms with Crippen molar-refractivity contribution in [1.82, 2.24) is 20.1 Å². The monoisotopic (exact) mass is 319 g/mol. The van der Waals surface area contributed by atoms with Crippen molar-refractivity contribution >= 4 is 23.7 Å². The van der Waals surface area contributed by atoms with E-state index in [4.69, 9.17) is 5.73 Å². The Balaban J connectivity index is 2.12. The zero-order valence-electron chi connectivity index (χ0n) is 12.3. The van der Waals surface area contributed by atoms with Crippen LogP contribution < -0.4 is 11.1 Å². The van der Waals surface area contributed by atoms with Gasteiger partial charge >= 0.3 is 6.03 Å². The van der Waals surface area contributed by atoms with Crippen LogP contribution in [-0.2, 0) is 11.3 Å². The molecule has 0 aliphatic carbocycles. The molecule has 1 heterocycles. The van der Waals surface area contributed by atoms with E-state index in [1.807, 2.05) is 41.8 Å². The van der Waals surface area contributed by atoms with Gasteiger partial charge in [0.05, 0.1) is 11.8 Å². The molecule has 8 heteroatoms. The summed E-state index contributed by atoms with van der Waals surface area (Å²) in [6, 6.07) is 9.04. The van der Waals surface area contributed by atoms with E-state index in [9.17, 15) is 9.59 Å². The molecule has 0 radical (unpaired) electrons. The number of benzene rings is 1. The van der Waals surface area contributed by atoms with E-state index in [0.29, 0.717) is 11.7 Å². The molecular formula is C14H17N5O2S. The molecule has 3 N–H and O–H groups in total. The molecule has 0 saturated carbocycles. The Morgan fingerprint density at radius 2 is 2.00 bits per heavy atom. The first-order valence-electron chi connectivity index (χ1n) is 6.68. The van der Waals surface area contributed by atoms with Gasteiger partial charge in [-0.15, -0.1) is 10.2 Å². The third-order valence-corrected chi connectivity index (χ3v) is 4.06. The fourth-order valence-electron chi connectivity index (χ4n) is 1.83. The van der Waals surface area contributed by atoms with Crippen LogP contribution in [0.2, 0.25) is 0 Å². The van der Waals surface area contributed by atoms with Crippen LogP contribution in [0.4, 0.5) is 4.79 Å². The van der Waals surface area contributed by atoms with Gasteiger partial charge in [0, 0.05) is 0 Å². The largest absolute Gasteiger partial charge is 0.351 e. The average molecular weight is 319 g/mol. The van der Waals surface area contributed by atoms with Crippen molar-refractivity contribution in [3.8, 4) is 0 Å². The van der Waals surface area contributed by atoms with Crippen molar-refractivity contribution in [2.75, 3.05) is 0 Å². The SMILES string of the molecule is Cc1nnc(S[C@@H](C)C(=O)NC(N)=O)n1Cc1ccccc1. The number of primary amides is 1. The molecule has 0 saturated heterocycles. The van der Waals surface area contributed by atoms with Crippen LogP contribution in [0, 0.1) is 6.92 Å². The zero-order chi connectivity index (χ0) is 16.1. The first kappa shape index (κ1) is 16.0. The van der Waals surface area contributed by atoms with Crippen molar-refractivity contribution in [3.63, 3.8) is 0 Å². The predicted octanol–water partition coefficient (Wildman–Crippen LogP) is 1.31. The summed E-state index contributed by atoms with van der Waals surface area (Å²) in [7, 11) is 0. The molecule has 1 aromatic heterocycles. The lowest BCUT2D eigenvalue weighted by Gasteiger charge is -2.12. The summed E-state index contributed by atoms with van der Waals surface area (Å²) in [5, 5.41) is 10.3. The van der Waals surface area contributed by atoms with Crippen molar-refractivity contribution in [1.29, 1.82) is 0 Å². The molecule has 0 aliphatic rings. The molecule has 0 fully saturated rings. The van der Waals surface area contributed by atoms with Crippen LogP contribution in [0.25, 0.3) is 0 Å². The summed E-state index contributed by atoms with van der Waals surface area (Å²) in [5.74, 6) is 0.304. The second-order valence-electron chi connectivity index (χ2n) is 4.72. The third kappa shape index (κ3) is 4.08. The summed E-state index contributed by atoms with van der Waals surface area (Å²) < 4.78 is 1.92. The number of hydrogen-bond acceptors (Lipinski definition) is 5. The molecule has 7 nitrogen and oxygen atoms in total. The quantitative estimate of drug-likeness (QED) is 0.809. The van der Waals surface area contributed by atoms with Crippen LogP contribution >= 0.6 is 11.8 Å². The maximum absolute atomic E-state index is 11.7. The molecule has 2 rings (SSSR count). The normalized spacial score (nSPS) is 11.9. The smallest absolute Gasteiger partial charge is 0.318 e. The number of aromatic nitrogens is 3. The second kappa shape index (κ2) is 7.08. The first-order valence-corrected chi connectivity index (χ1v) is 7.56. The fourth-order valence-corrected chi connectivity index (χ4v) is 2.73. The van der Waals surface area contributed by atoms with E-state index in [0.717, 1.165) is 11.4 Å². The number of nitrogens with zero attached hydrogens (tertiary/aromatic N) is 3. The highest BCUT2D eigenvalue weighted by molar-refractivity contribution is 8.00. The molecule has 0 aliphatic heterocycles. The van der Waals surface area contributed by atoms with Gasteiger partial charge < -0.3 is 10.3 Å². The molecule has 2 aromatic rings. The highest BCUT2D eigenvalue weighted by Crippen LogP contribution is 2.23. The lowest BCUT2D eigenvalue weighted by atomic mass is 10.2. The molecule has 0 spiro atoms. The second-order valence-corrected chi connectivity index (χ2v) is 6.02. The Bertz CT molecular complexity index is 671. The predicted molar refractivity (Wildman–Crippen MR) is 83.3 cm³/mol. The summed E-state index contributed by atoms with van der Waals surface area (Å²) in [6.45, 7) is 4.15. The molecule has 22 heavy (non-hydrogen) atoms. The van der Waals surface area contributed by atoms with Gasteiger partial charge in [-0.25, -0.2) is 4.79 Å². The Morgan fingerprint density at radius 1 is 1.32 bits per heavy atom. The molecule has 1 aromatic carbocycles. The maximum atomic E-state index is 11.7. The van der Waals surface area contributed by atoms with E-state index < -0.39 is 17.2 Å². The molecule has 0 bridgehead atoms. The van der Waals surface area contributed by atoms with Crippen molar-refractivity contribution in [2.45, 2.75) is 30.8 Å². The van der Waals surface area contributed by atoms with Gasteiger partial charge in [0.1, 0.15) is 5.82 Å². The Kier molecular flexibility index (Phi) is 5.16. The van der Waals surface area contributed by atoms with E-state index >= 15 is 0 Å². The number of imide groups is 1. The topological polar surface area (TPSA) is 103 Å².